The molecular weight excluding hydrogens is 324 g/mol. The molecule has 0 radical (unpaired) electrons. The standard InChI is InChI=1S/C21H24N4O/c1-16-7-8-19(17(2)13-16)9-11-22-21(26)23-15-18-5-3-6-20(14-18)25-12-4-10-24-25/h3-8,10,12-14H,9,11,15H2,1-2H3,(H2,22,23,26). The van der Waals surface area contributed by atoms with Crippen LogP contribution in [-0.4, -0.2) is 22.4 Å². The lowest BCUT2D eigenvalue weighted by Crippen LogP contribution is -2.36. The van der Waals surface area contributed by atoms with Gasteiger partial charge >= 0.3 is 6.03 Å². The van der Waals surface area contributed by atoms with Crippen LogP contribution in [0.4, 0.5) is 4.79 Å². The van der Waals surface area contributed by atoms with Crippen molar-refractivity contribution in [3.05, 3.63) is 83.2 Å². The number of aryl methyl sites for hydroxylation is 2. The summed E-state index contributed by atoms with van der Waals surface area (Å²) in [6.07, 6.45) is 4.47. The van der Waals surface area contributed by atoms with Crippen LogP contribution in [-0.2, 0) is 13.0 Å². The predicted molar refractivity (Wildman–Crippen MR) is 103 cm³/mol. The van der Waals surface area contributed by atoms with E-state index in [1.54, 1.807) is 10.9 Å². The molecule has 0 spiro atoms. The lowest BCUT2D eigenvalue weighted by atomic mass is 10.0. The third kappa shape index (κ3) is 4.72. The van der Waals surface area contributed by atoms with Gasteiger partial charge in [-0.05, 0) is 55.2 Å². The van der Waals surface area contributed by atoms with Gasteiger partial charge in [0.25, 0.3) is 0 Å². The maximum absolute atomic E-state index is 12.0. The Balaban J connectivity index is 1.46. The van der Waals surface area contributed by atoms with Gasteiger partial charge in [-0.15, -0.1) is 0 Å². The Morgan fingerprint density at radius 3 is 2.73 bits per heavy atom. The highest BCUT2D eigenvalue weighted by Crippen LogP contribution is 2.11. The first kappa shape index (κ1) is 17.7. The molecule has 2 aromatic carbocycles. The van der Waals surface area contributed by atoms with Gasteiger partial charge in [-0.1, -0.05) is 35.9 Å². The van der Waals surface area contributed by atoms with Crippen LogP contribution in [0.5, 0.6) is 0 Å². The summed E-state index contributed by atoms with van der Waals surface area (Å²) in [7, 11) is 0. The number of aromatic nitrogens is 2. The maximum atomic E-state index is 12.0. The van der Waals surface area contributed by atoms with E-state index in [0.29, 0.717) is 13.1 Å². The van der Waals surface area contributed by atoms with Crippen molar-refractivity contribution in [3.8, 4) is 5.69 Å². The molecular formula is C21H24N4O. The SMILES string of the molecule is Cc1ccc(CCNC(=O)NCc2cccc(-n3cccn3)c2)c(C)c1. The molecule has 0 fully saturated rings. The van der Waals surface area contributed by atoms with E-state index in [9.17, 15) is 4.79 Å². The van der Waals surface area contributed by atoms with Crippen LogP contribution in [0.1, 0.15) is 22.3 Å². The zero-order valence-electron chi connectivity index (χ0n) is 15.2. The molecule has 2 amide bonds. The summed E-state index contributed by atoms with van der Waals surface area (Å²) in [4.78, 5) is 12.0. The van der Waals surface area contributed by atoms with Crippen LogP contribution in [0.25, 0.3) is 5.69 Å². The van der Waals surface area contributed by atoms with Gasteiger partial charge in [-0.2, -0.15) is 5.10 Å². The van der Waals surface area contributed by atoms with E-state index >= 15 is 0 Å². The van der Waals surface area contributed by atoms with Gasteiger partial charge in [-0.25, -0.2) is 9.48 Å². The second-order valence-corrected chi connectivity index (χ2v) is 6.41. The van der Waals surface area contributed by atoms with Crippen molar-refractivity contribution in [2.45, 2.75) is 26.8 Å². The second kappa shape index (κ2) is 8.34. The molecule has 1 aromatic heterocycles. The minimum Gasteiger partial charge on any atom is -0.338 e. The number of nitrogens with zero attached hydrogens (tertiary/aromatic N) is 2. The van der Waals surface area contributed by atoms with Gasteiger partial charge in [0.15, 0.2) is 0 Å². The summed E-state index contributed by atoms with van der Waals surface area (Å²) < 4.78 is 1.80. The fourth-order valence-corrected chi connectivity index (χ4v) is 2.91. The molecule has 0 bridgehead atoms. The van der Waals surface area contributed by atoms with Gasteiger partial charge in [0.05, 0.1) is 5.69 Å². The number of urea groups is 1. The van der Waals surface area contributed by atoms with E-state index in [4.69, 9.17) is 0 Å². The number of benzene rings is 2. The minimum atomic E-state index is -0.153. The van der Waals surface area contributed by atoms with Crippen LogP contribution < -0.4 is 10.6 Å². The Morgan fingerprint density at radius 2 is 1.96 bits per heavy atom. The topological polar surface area (TPSA) is 59.0 Å². The number of carbonyl (C=O) groups excluding carboxylic acids is 1. The largest absolute Gasteiger partial charge is 0.338 e. The summed E-state index contributed by atoms with van der Waals surface area (Å²) in [6.45, 7) is 5.28. The molecule has 134 valence electrons. The Hall–Kier alpha value is -3.08. The van der Waals surface area contributed by atoms with Crippen molar-refractivity contribution in [3.63, 3.8) is 0 Å². The van der Waals surface area contributed by atoms with Crippen molar-refractivity contribution in [1.82, 2.24) is 20.4 Å². The zero-order chi connectivity index (χ0) is 18.4. The Morgan fingerprint density at radius 1 is 1.08 bits per heavy atom. The summed E-state index contributed by atoms with van der Waals surface area (Å²) >= 11 is 0. The number of nitrogens with one attached hydrogen (secondary N) is 2. The monoisotopic (exact) mass is 348 g/mol. The second-order valence-electron chi connectivity index (χ2n) is 6.41. The van der Waals surface area contributed by atoms with E-state index in [-0.39, 0.29) is 6.03 Å². The highest BCUT2D eigenvalue weighted by molar-refractivity contribution is 5.73. The number of rotatable bonds is 6. The Kier molecular flexibility index (Phi) is 5.69. The molecule has 0 atom stereocenters. The average Bonchev–Trinajstić information content (AvgIpc) is 3.17. The Labute approximate surface area is 154 Å². The van der Waals surface area contributed by atoms with Crippen LogP contribution in [0.3, 0.4) is 0 Å². The minimum absolute atomic E-state index is 0.153. The van der Waals surface area contributed by atoms with Crippen LogP contribution in [0, 0.1) is 13.8 Å². The van der Waals surface area contributed by atoms with E-state index < -0.39 is 0 Å². The first-order chi connectivity index (χ1) is 12.6. The van der Waals surface area contributed by atoms with Gasteiger partial charge in [0.1, 0.15) is 0 Å². The van der Waals surface area contributed by atoms with Gasteiger partial charge in [-0.3, -0.25) is 0 Å². The van der Waals surface area contributed by atoms with Crippen molar-refractivity contribution in [2.24, 2.45) is 0 Å². The van der Waals surface area contributed by atoms with Crippen molar-refractivity contribution < 1.29 is 4.79 Å². The first-order valence-electron chi connectivity index (χ1n) is 8.78. The van der Waals surface area contributed by atoms with E-state index in [1.807, 2.05) is 36.5 Å². The Bertz CT molecular complexity index is 871. The molecule has 0 aliphatic heterocycles. The molecule has 0 saturated carbocycles. The van der Waals surface area contributed by atoms with Crippen molar-refractivity contribution in [2.75, 3.05) is 6.54 Å². The molecule has 0 aliphatic rings. The molecule has 0 unspecified atom stereocenters. The molecule has 5 heteroatoms. The quantitative estimate of drug-likeness (QED) is 0.716. The van der Waals surface area contributed by atoms with Crippen LogP contribution in [0.2, 0.25) is 0 Å². The highest BCUT2D eigenvalue weighted by Gasteiger charge is 2.04. The van der Waals surface area contributed by atoms with E-state index in [0.717, 1.165) is 17.7 Å². The van der Waals surface area contributed by atoms with Gasteiger partial charge in [0, 0.05) is 25.5 Å². The molecule has 0 saturated heterocycles. The van der Waals surface area contributed by atoms with Crippen molar-refractivity contribution >= 4 is 6.03 Å². The molecule has 2 N–H and O–H groups in total. The lowest BCUT2D eigenvalue weighted by Gasteiger charge is -2.10. The van der Waals surface area contributed by atoms with E-state index in [1.165, 1.54) is 16.7 Å². The lowest BCUT2D eigenvalue weighted by molar-refractivity contribution is 0.240. The summed E-state index contributed by atoms with van der Waals surface area (Å²) in [5, 5.41) is 10.0. The summed E-state index contributed by atoms with van der Waals surface area (Å²) in [5.41, 5.74) is 5.80. The van der Waals surface area contributed by atoms with Crippen LogP contribution in [0.15, 0.2) is 60.9 Å². The number of hydrogen-bond donors (Lipinski definition) is 2. The number of hydrogen-bond acceptors (Lipinski definition) is 2. The summed E-state index contributed by atoms with van der Waals surface area (Å²) in [5.74, 6) is 0. The van der Waals surface area contributed by atoms with Crippen LogP contribution >= 0.6 is 0 Å². The third-order valence-corrected chi connectivity index (χ3v) is 4.31. The maximum Gasteiger partial charge on any atom is 0.315 e. The normalized spacial score (nSPS) is 10.5. The third-order valence-electron chi connectivity index (χ3n) is 4.31. The molecule has 1 heterocycles. The smallest absolute Gasteiger partial charge is 0.315 e. The molecule has 3 aromatic rings. The molecule has 26 heavy (non-hydrogen) atoms. The average molecular weight is 348 g/mol. The predicted octanol–water partition coefficient (Wildman–Crippen LogP) is 3.53. The molecule has 3 rings (SSSR count). The van der Waals surface area contributed by atoms with Gasteiger partial charge < -0.3 is 10.6 Å². The number of amides is 2. The molecule has 0 aliphatic carbocycles. The zero-order valence-corrected chi connectivity index (χ0v) is 15.2. The number of carbonyl (C=O) groups is 1. The summed E-state index contributed by atoms with van der Waals surface area (Å²) in [6, 6.07) is 16.1. The fourth-order valence-electron chi connectivity index (χ4n) is 2.91. The van der Waals surface area contributed by atoms with Crippen molar-refractivity contribution in [1.29, 1.82) is 0 Å². The first-order valence-corrected chi connectivity index (χ1v) is 8.78. The highest BCUT2D eigenvalue weighted by atomic mass is 16.2. The van der Waals surface area contributed by atoms with Gasteiger partial charge in [0.2, 0.25) is 0 Å². The fraction of sp³-hybridized carbons (Fsp3) is 0.238. The van der Waals surface area contributed by atoms with E-state index in [2.05, 4.69) is 47.8 Å². The molecule has 5 nitrogen and oxygen atoms in total.